The number of halogens is 3. The van der Waals surface area contributed by atoms with Crippen LogP contribution in [-0.4, -0.2) is 44.6 Å². The molecule has 0 saturated carbocycles. The summed E-state index contributed by atoms with van der Waals surface area (Å²) in [5.74, 6) is -2.86. The van der Waals surface area contributed by atoms with Crippen molar-refractivity contribution in [1.82, 2.24) is 19.8 Å². The van der Waals surface area contributed by atoms with Crippen LogP contribution in [0.3, 0.4) is 0 Å². The Kier molecular flexibility index (Phi) is 5.88. The van der Waals surface area contributed by atoms with Crippen LogP contribution in [0.15, 0.2) is 18.3 Å². The lowest BCUT2D eigenvalue weighted by atomic mass is 10.0. The number of likely N-dealkylation sites (tertiary alicyclic amines) is 1. The van der Waals surface area contributed by atoms with Crippen LogP contribution in [-0.2, 0) is 16.0 Å². The lowest BCUT2D eigenvalue weighted by molar-refractivity contribution is -0.133. The van der Waals surface area contributed by atoms with Crippen molar-refractivity contribution in [2.75, 3.05) is 6.54 Å². The first-order valence-electron chi connectivity index (χ1n) is 10.9. The Balaban J connectivity index is 1.51. The van der Waals surface area contributed by atoms with E-state index in [1.54, 1.807) is 31.9 Å². The van der Waals surface area contributed by atoms with Gasteiger partial charge in [-0.2, -0.15) is 0 Å². The van der Waals surface area contributed by atoms with Crippen molar-refractivity contribution in [1.29, 1.82) is 0 Å². The van der Waals surface area contributed by atoms with Crippen LogP contribution in [0.25, 0.3) is 0 Å². The third-order valence-corrected chi connectivity index (χ3v) is 5.97. The Labute approximate surface area is 189 Å². The van der Waals surface area contributed by atoms with E-state index >= 15 is 0 Å². The maximum absolute atomic E-state index is 14.3. The van der Waals surface area contributed by atoms with Crippen molar-refractivity contribution in [3.05, 3.63) is 52.9 Å². The van der Waals surface area contributed by atoms with Gasteiger partial charge in [-0.15, -0.1) is 0 Å². The summed E-state index contributed by atoms with van der Waals surface area (Å²) >= 11 is 0. The van der Waals surface area contributed by atoms with Gasteiger partial charge >= 0.3 is 6.09 Å². The van der Waals surface area contributed by atoms with Crippen molar-refractivity contribution in [3.63, 3.8) is 0 Å². The maximum atomic E-state index is 14.3. The van der Waals surface area contributed by atoms with Gasteiger partial charge in [-0.3, -0.25) is 4.79 Å². The number of hydrogen-bond acceptors (Lipinski definition) is 4. The first kappa shape index (κ1) is 23.1. The van der Waals surface area contributed by atoms with Crippen LogP contribution in [0.4, 0.5) is 18.0 Å². The fraction of sp³-hybridized carbons (Fsp3) is 0.522. The number of rotatable bonds is 5. The molecule has 2 aliphatic rings. The normalized spacial score (nSPS) is 20.0. The minimum Gasteiger partial charge on any atom is -0.444 e. The fourth-order valence-corrected chi connectivity index (χ4v) is 4.67. The molecule has 3 atom stereocenters. The summed E-state index contributed by atoms with van der Waals surface area (Å²) in [6, 6.07) is 0.317. The highest BCUT2D eigenvalue weighted by Gasteiger charge is 2.46. The van der Waals surface area contributed by atoms with Gasteiger partial charge in [0.15, 0.2) is 11.6 Å². The average molecular weight is 464 g/mol. The van der Waals surface area contributed by atoms with Gasteiger partial charge in [0.25, 0.3) is 0 Å². The SMILES string of the molecule is Cc1cnc2n1[C@H]1C[C@@H]2N(C(=O)C[C@@H](Cc2cc(F)c(F)cc2F)NC(=O)OC(C)(C)C)C1. The number of carbonyl (C=O) groups excluding carboxylic acids is 2. The summed E-state index contributed by atoms with van der Waals surface area (Å²) in [6.45, 7) is 7.55. The number of nitrogens with one attached hydrogen (secondary N) is 1. The summed E-state index contributed by atoms with van der Waals surface area (Å²) in [6.07, 6.45) is 1.42. The zero-order chi connectivity index (χ0) is 24.1. The highest BCUT2D eigenvalue weighted by molar-refractivity contribution is 5.79. The number of alkyl carbamates (subject to hydrolysis) is 1. The van der Waals surface area contributed by atoms with E-state index in [-0.39, 0.29) is 36.4 Å². The van der Waals surface area contributed by atoms with Crippen molar-refractivity contribution >= 4 is 12.0 Å². The topological polar surface area (TPSA) is 76.5 Å². The van der Waals surface area contributed by atoms with E-state index in [1.807, 2.05) is 6.92 Å². The summed E-state index contributed by atoms with van der Waals surface area (Å²) in [7, 11) is 0. The van der Waals surface area contributed by atoms with Crippen LogP contribution >= 0.6 is 0 Å². The second-order valence-electron chi connectivity index (χ2n) is 9.69. The number of ether oxygens (including phenoxy) is 1. The molecule has 178 valence electrons. The average Bonchev–Trinajstić information content (AvgIpc) is 3.37. The molecular formula is C23H27F3N4O3. The van der Waals surface area contributed by atoms with Gasteiger partial charge in [0.2, 0.25) is 5.91 Å². The summed E-state index contributed by atoms with van der Waals surface area (Å²) < 4.78 is 48.7. The Hall–Kier alpha value is -3.04. The van der Waals surface area contributed by atoms with E-state index in [4.69, 9.17) is 4.74 Å². The minimum absolute atomic E-state index is 0.142. The molecule has 1 aromatic heterocycles. The lowest BCUT2D eigenvalue weighted by Crippen LogP contribution is -2.44. The number of imidazole rings is 1. The predicted molar refractivity (Wildman–Crippen MR) is 113 cm³/mol. The van der Waals surface area contributed by atoms with Crippen molar-refractivity contribution in [2.24, 2.45) is 0 Å². The fourth-order valence-electron chi connectivity index (χ4n) is 4.67. The zero-order valence-electron chi connectivity index (χ0n) is 19.0. The van der Waals surface area contributed by atoms with Gasteiger partial charge in [-0.25, -0.2) is 22.9 Å². The smallest absolute Gasteiger partial charge is 0.407 e. The Morgan fingerprint density at radius 2 is 1.91 bits per heavy atom. The Bertz CT molecular complexity index is 1100. The Morgan fingerprint density at radius 3 is 2.61 bits per heavy atom. The number of carbonyl (C=O) groups is 2. The lowest BCUT2D eigenvalue weighted by Gasteiger charge is -2.30. The largest absolute Gasteiger partial charge is 0.444 e. The van der Waals surface area contributed by atoms with E-state index in [1.165, 1.54) is 0 Å². The van der Waals surface area contributed by atoms with Crippen LogP contribution < -0.4 is 5.32 Å². The van der Waals surface area contributed by atoms with E-state index in [0.717, 1.165) is 24.0 Å². The molecule has 33 heavy (non-hydrogen) atoms. The number of fused-ring (bicyclic) bond motifs is 5. The van der Waals surface area contributed by atoms with E-state index in [9.17, 15) is 22.8 Å². The molecule has 2 aromatic rings. The zero-order valence-corrected chi connectivity index (χ0v) is 19.0. The molecule has 1 N–H and O–H groups in total. The molecule has 2 aliphatic heterocycles. The van der Waals surface area contributed by atoms with Crippen LogP contribution in [0.1, 0.15) is 62.8 Å². The monoisotopic (exact) mass is 464 g/mol. The second kappa shape index (κ2) is 8.39. The Morgan fingerprint density at radius 1 is 1.21 bits per heavy atom. The first-order valence-corrected chi connectivity index (χ1v) is 10.9. The highest BCUT2D eigenvalue weighted by atomic mass is 19.2. The van der Waals surface area contributed by atoms with Gasteiger partial charge in [0.05, 0.1) is 12.1 Å². The first-order chi connectivity index (χ1) is 15.4. The summed E-state index contributed by atoms with van der Waals surface area (Å²) in [5.41, 5.74) is 0.120. The number of aryl methyl sites for hydroxylation is 1. The van der Waals surface area contributed by atoms with Crippen LogP contribution in [0.5, 0.6) is 0 Å². The molecule has 0 radical (unpaired) electrons. The molecule has 10 heteroatoms. The van der Waals surface area contributed by atoms with Gasteiger partial charge in [0.1, 0.15) is 17.2 Å². The molecule has 3 heterocycles. The third kappa shape index (κ3) is 4.69. The third-order valence-electron chi connectivity index (χ3n) is 5.97. The highest BCUT2D eigenvalue weighted by Crippen LogP contribution is 2.46. The molecular weight excluding hydrogens is 437 g/mol. The molecule has 1 fully saturated rings. The molecule has 0 unspecified atom stereocenters. The minimum atomic E-state index is -1.30. The van der Waals surface area contributed by atoms with Crippen molar-refractivity contribution in [3.8, 4) is 0 Å². The van der Waals surface area contributed by atoms with Gasteiger partial charge < -0.3 is 19.5 Å². The molecule has 1 saturated heterocycles. The van der Waals surface area contributed by atoms with Gasteiger partial charge in [-0.05, 0) is 52.2 Å². The van der Waals surface area contributed by atoms with Crippen LogP contribution in [0.2, 0.25) is 0 Å². The molecule has 2 bridgehead atoms. The second-order valence-corrected chi connectivity index (χ2v) is 9.69. The molecule has 2 amide bonds. The van der Waals surface area contributed by atoms with Crippen LogP contribution in [0, 0.1) is 24.4 Å². The number of amides is 2. The van der Waals surface area contributed by atoms with Crippen molar-refractivity contribution in [2.45, 2.75) is 70.7 Å². The number of benzene rings is 1. The number of hydrogen-bond donors (Lipinski definition) is 1. The number of aromatic nitrogens is 2. The van der Waals surface area contributed by atoms with Crippen molar-refractivity contribution < 1.29 is 27.5 Å². The summed E-state index contributed by atoms with van der Waals surface area (Å²) in [4.78, 5) is 31.7. The summed E-state index contributed by atoms with van der Waals surface area (Å²) in [5, 5.41) is 2.59. The van der Waals surface area contributed by atoms with E-state index in [0.29, 0.717) is 12.6 Å². The molecule has 4 rings (SSSR count). The maximum Gasteiger partial charge on any atom is 0.407 e. The van der Waals surface area contributed by atoms with Gasteiger partial charge in [0, 0.05) is 37.0 Å². The molecule has 1 aromatic carbocycles. The molecule has 0 spiro atoms. The van der Waals surface area contributed by atoms with Gasteiger partial charge in [-0.1, -0.05) is 0 Å². The number of nitrogens with zero attached hydrogens (tertiary/aromatic N) is 3. The van der Waals surface area contributed by atoms with E-state index in [2.05, 4.69) is 14.9 Å². The standard InChI is InChI=1S/C23H27F3N4O3/c1-12-10-27-21-19-8-15(30(12)21)11-29(19)20(31)7-14(28-22(32)33-23(2,3)4)5-13-6-17(25)18(26)9-16(13)24/h6,9-10,14-15,19H,5,7-8,11H2,1-4H3,(H,28,32)/t14-,15+,19+/m1/s1. The quantitative estimate of drug-likeness (QED) is 0.680. The van der Waals surface area contributed by atoms with E-state index < -0.39 is 35.2 Å². The predicted octanol–water partition coefficient (Wildman–Crippen LogP) is 3.96. The molecule has 0 aliphatic carbocycles. The molecule has 7 nitrogen and oxygen atoms in total.